The Kier molecular flexibility index (Phi) is 7.17. The summed E-state index contributed by atoms with van der Waals surface area (Å²) in [5.74, 6) is 1.79. The molecule has 1 aromatic carbocycles. The number of likely N-dealkylation sites (tertiary alicyclic amines) is 2. The standard InChI is InChI=1S/C20H29FN2OS/c21-18-8-6-17(7-9-18)16-25-14-10-20(24)23-13-2-1-5-19(23)15-22-11-3-4-12-22/h6-9,19H,1-5,10-16H2. The first-order chi connectivity index (χ1) is 12.2. The van der Waals surface area contributed by atoms with E-state index < -0.39 is 0 Å². The van der Waals surface area contributed by atoms with Crippen LogP contribution in [0.3, 0.4) is 0 Å². The molecule has 25 heavy (non-hydrogen) atoms. The molecule has 3 rings (SSSR count). The second kappa shape index (κ2) is 9.58. The maximum absolute atomic E-state index is 12.9. The summed E-state index contributed by atoms with van der Waals surface area (Å²) in [6, 6.07) is 7.05. The molecule has 1 aromatic rings. The summed E-state index contributed by atoms with van der Waals surface area (Å²) < 4.78 is 12.9. The highest BCUT2D eigenvalue weighted by Gasteiger charge is 2.28. The maximum atomic E-state index is 12.9. The highest BCUT2D eigenvalue weighted by atomic mass is 32.2. The van der Waals surface area contributed by atoms with Gasteiger partial charge in [0, 0.05) is 37.1 Å². The van der Waals surface area contributed by atoms with E-state index in [1.807, 2.05) is 12.1 Å². The lowest BCUT2D eigenvalue weighted by Crippen LogP contribution is -2.49. The van der Waals surface area contributed by atoms with E-state index >= 15 is 0 Å². The predicted molar refractivity (Wildman–Crippen MR) is 102 cm³/mol. The second-order valence-corrected chi connectivity index (χ2v) is 8.28. The fourth-order valence-electron chi connectivity index (χ4n) is 3.86. The van der Waals surface area contributed by atoms with Gasteiger partial charge in [0.05, 0.1) is 0 Å². The molecular weight excluding hydrogens is 335 g/mol. The summed E-state index contributed by atoms with van der Waals surface area (Å²) in [6.45, 7) is 4.40. The fraction of sp³-hybridized carbons (Fsp3) is 0.650. The molecule has 0 bridgehead atoms. The van der Waals surface area contributed by atoms with Gasteiger partial charge < -0.3 is 9.80 Å². The third kappa shape index (κ3) is 5.71. The third-order valence-corrected chi connectivity index (χ3v) is 6.29. The number of hydrogen-bond donors (Lipinski definition) is 0. The van der Waals surface area contributed by atoms with Gasteiger partial charge in [-0.2, -0.15) is 11.8 Å². The molecule has 0 N–H and O–H groups in total. The van der Waals surface area contributed by atoms with Crippen LogP contribution in [0.2, 0.25) is 0 Å². The van der Waals surface area contributed by atoms with Crippen molar-refractivity contribution in [1.82, 2.24) is 9.80 Å². The van der Waals surface area contributed by atoms with E-state index in [-0.39, 0.29) is 5.82 Å². The van der Waals surface area contributed by atoms with Crippen molar-refractivity contribution in [3.8, 4) is 0 Å². The number of hydrogen-bond acceptors (Lipinski definition) is 3. The topological polar surface area (TPSA) is 23.6 Å². The fourth-order valence-corrected chi connectivity index (χ4v) is 4.75. The van der Waals surface area contributed by atoms with E-state index in [0.29, 0.717) is 18.4 Å². The summed E-state index contributed by atoms with van der Waals surface area (Å²) in [6.07, 6.45) is 6.78. The van der Waals surface area contributed by atoms with Crippen LogP contribution in [-0.2, 0) is 10.5 Å². The summed E-state index contributed by atoms with van der Waals surface area (Å²) in [7, 11) is 0. The van der Waals surface area contributed by atoms with Crippen molar-refractivity contribution in [3.63, 3.8) is 0 Å². The Morgan fingerprint density at radius 2 is 1.80 bits per heavy atom. The Morgan fingerprint density at radius 1 is 1.08 bits per heavy atom. The molecule has 5 heteroatoms. The molecule has 2 heterocycles. The molecule has 3 nitrogen and oxygen atoms in total. The number of rotatable bonds is 7. The van der Waals surface area contributed by atoms with Crippen LogP contribution in [0.4, 0.5) is 4.39 Å². The number of piperidine rings is 1. The van der Waals surface area contributed by atoms with Crippen LogP contribution in [0.25, 0.3) is 0 Å². The zero-order valence-electron chi connectivity index (χ0n) is 15.0. The minimum Gasteiger partial charge on any atom is -0.338 e. The van der Waals surface area contributed by atoms with Gasteiger partial charge in [0.25, 0.3) is 0 Å². The van der Waals surface area contributed by atoms with E-state index in [2.05, 4.69) is 9.80 Å². The second-order valence-electron chi connectivity index (χ2n) is 7.17. The Morgan fingerprint density at radius 3 is 2.56 bits per heavy atom. The lowest BCUT2D eigenvalue weighted by molar-refractivity contribution is -0.134. The van der Waals surface area contributed by atoms with Crippen LogP contribution in [0.15, 0.2) is 24.3 Å². The van der Waals surface area contributed by atoms with Crippen LogP contribution < -0.4 is 0 Å². The van der Waals surface area contributed by atoms with Gasteiger partial charge in [-0.1, -0.05) is 12.1 Å². The van der Waals surface area contributed by atoms with E-state index in [1.54, 1.807) is 11.8 Å². The van der Waals surface area contributed by atoms with E-state index in [4.69, 9.17) is 0 Å². The minimum absolute atomic E-state index is 0.196. The monoisotopic (exact) mass is 364 g/mol. The minimum atomic E-state index is -0.196. The molecule has 0 radical (unpaired) electrons. The molecule has 138 valence electrons. The van der Waals surface area contributed by atoms with Crippen molar-refractivity contribution in [2.75, 3.05) is 31.9 Å². The average Bonchev–Trinajstić information content (AvgIpc) is 3.13. The average molecular weight is 365 g/mol. The number of amides is 1. The number of nitrogens with zero attached hydrogens (tertiary/aromatic N) is 2. The molecule has 0 aromatic heterocycles. The Labute approximate surface area is 154 Å². The quantitative estimate of drug-likeness (QED) is 0.685. The summed E-state index contributed by atoms with van der Waals surface area (Å²) >= 11 is 1.76. The Balaban J connectivity index is 1.41. The zero-order valence-corrected chi connectivity index (χ0v) is 15.8. The van der Waals surface area contributed by atoms with Crippen LogP contribution in [-0.4, -0.2) is 53.7 Å². The van der Waals surface area contributed by atoms with Gasteiger partial charge in [-0.15, -0.1) is 0 Å². The first-order valence-corrected chi connectivity index (χ1v) is 10.7. The summed E-state index contributed by atoms with van der Waals surface area (Å²) in [5.41, 5.74) is 1.11. The first kappa shape index (κ1) is 18.7. The number of benzene rings is 1. The van der Waals surface area contributed by atoms with Crippen LogP contribution in [0.5, 0.6) is 0 Å². The highest BCUT2D eigenvalue weighted by Crippen LogP contribution is 2.22. The molecule has 0 spiro atoms. The number of carbonyl (C=O) groups excluding carboxylic acids is 1. The van der Waals surface area contributed by atoms with Gasteiger partial charge in [-0.25, -0.2) is 4.39 Å². The molecule has 0 saturated carbocycles. The van der Waals surface area contributed by atoms with E-state index in [0.717, 1.165) is 43.0 Å². The lowest BCUT2D eigenvalue weighted by Gasteiger charge is -2.38. The molecule has 2 aliphatic rings. The van der Waals surface area contributed by atoms with E-state index in [1.165, 1.54) is 44.5 Å². The Bertz CT molecular complexity index is 545. The highest BCUT2D eigenvalue weighted by molar-refractivity contribution is 7.98. The molecule has 2 aliphatic heterocycles. The normalized spacial score (nSPS) is 21.6. The predicted octanol–water partition coefficient (Wildman–Crippen LogP) is 3.93. The molecule has 0 aliphatic carbocycles. The van der Waals surface area contributed by atoms with Crippen molar-refractivity contribution in [3.05, 3.63) is 35.6 Å². The third-order valence-electron chi connectivity index (χ3n) is 5.26. The van der Waals surface area contributed by atoms with Gasteiger partial charge in [-0.05, 0) is 62.9 Å². The van der Waals surface area contributed by atoms with Gasteiger partial charge in [0.15, 0.2) is 0 Å². The molecular formula is C20H29FN2OS. The SMILES string of the molecule is O=C(CCSCc1ccc(F)cc1)N1CCCCC1CN1CCCC1. The molecule has 1 unspecified atom stereocenters. The Hall–Kier alpha value is -1.07. The van der Waals surface area contributed by atoms with Crippen molar-refractivity contribution >= 4 is 17.7 Å². The number of thioether (sulfide) groups is 1. The van der Waals surface area contributed by atoms with E-state index in [9.17, 15) is 9.18 Å². The van der Waals surface area contributed by atoms with Crippen LogP contribution in [0, 0.1) is 5.82 Å². The molecule has 2 fully saturated rings. The smallest absolute Gasteiger partial charge is 0.223 e. The van der Waals surface area contributed by atoms with Crippen LogP contribution in [0.1, 0.15) is 44.1 Å². The van der Waals surface area contributed by atoms with Crippen molar-refractivity contribution in [2.24, 2.45) is 0 Å². The van der Waals surface area contributed by atoms with Crippen LogP contribution >= 0.6 is 11.8 Å². The molecule has 1 atom stereocenters. The molecule has 1 amide bonds. The van der Waals surface area contributed by atoms with Gasteiger partial charge in [-0.3, -0.25) is 4.79 Å². The first-order valence-electron chi connectivity index (χ1n) is 9.56. The largest absolute Gasteiger partial charge is 0.338 e. The zero-order chi connectivity index (χ0) is 17.5. The molecule has 2 saturated heterocycles. The van der Waals surface area contributed by atoms with Gasteiger partial charge >= 0.3 is 0 Å². The lowest BCUT2D eigenvalue weighted by atomic mass is 10.0. The van der Waals surface area contributed by atoms with Crippen molar-refractivity contribution < 1.29 is 9.18 Å². The summed E-state index contributed by atoms with van der Waals surface area (Å²) in [4.78, 5) is 17.4. The van der Waals surface area contributed by atoms with Crippen molar-refractivity contribution in [2.45, 2.75) is 50.3 Å². The summed E-state index contributed by atoms with van der Waals surface area (Å²) in [5, 5.41) is 0. The maximum Gasteiger partial charge on any atom is 0.223 e. The number of carbonyl (C=O) groups is 1. The number of halogens is 1. The van der Waals surface area contributed by atoms with Crippen molar-refractivity contribution in [1.29, 1.82) is 0 Å². The van der Waals surface area contributed by atoms with Gasteiger partial charge in [0.2, 0.25) is 5.91 Å². The van der Waals surface area contributed by atoms with Gasteiger partial charge in [0.1, 0.15) is 5.82 Å².